The molecular formula is C18H25N7O2. The van der Waals surface area contributed by atoms with Gasteiger partial charge in [0.05, 0.1) is 11.9 Å². The molecule has 27 heavy (non-hydrogen) atoms. The van der Waals surface area contributed by atoms with Gasteiger partial charge in [0.2, 0.25) is 11.9 Å². The van der Waals surface area contributed by atoms with Gasteiger partial charge in [-0.15, -0.1) is 0 Å². The second kappa shape index (κ2) is 7.73. The molecular weight excluding hydrogens is 346 g/mol. The molecule has 1 aliphatic rings. The Bertz CT molecular complexity index is 865. The van der Waals surface area contributed by atoms with Crippen LogP contribution in [-0.4, -0.2) is 70.8 Å². The van der Waals surface area contributed by atoms with Crippen LogP contribution >= 0.6 is 0 Å². The molecule has 2 aromatic rings. The van der Waals surface area contributed by atoms with Crippen molar-refractivity contribution in [2.45, 2.75) is 20.4 Å². The Labute approximate surface area is 158 Å². The highest BCUT2D eigenvalue weighted by Gasteiger charge is 2.23. The van der Waals surface area contributed by atoms with E-state index in [-0.39, 0.29) is 18.0 Å². The van der Waals surface area contributed by atoms with Crippen molar-refractivity contribution in [3.8, 4) is 0 Å². The molecule has 9 heteroatoms. The van der Waals surface area contributed by atoms with Crippen LogP contribution in [0.2, 0.25) is 0 Å². The Morgan fingerprint density at radius 3 is 2.26 bits per heavy atom. The topological polar surface area (TPSA) is 87.5 Å². The van der Waals surface area contributed by atoms with Gasteiger partial charge in [-0.25, -0.2) is 14.6 Å². The van der Waals surface area contributed by atoms with Gasteiger partial charge in [0.15, 0.2) is 0 Å². The number of carbonyl (C=O) groups is 1. The normalized spacial score (nSPS) is 14.4. The first-order valence-corrected chi connectivity index (χ1v) is 8.93. The lowest BCUT2D eigenvalue weighted by Gasteiger charge is -2.35. The van der Waals surface area contributed by atoms with Crippen molar-refractivity contribution in [3.63, 3.8) is 0 Å². The molecule has 0 radical (unpaired) electrons. The van der Waals surface area contributed by atoms with Gasteiger partial charge in [-0.2, -0.15) is 5.10 Å². The average molecular weight is 371 g/mol. The van der Waals surface area contributed by atoms with Crippen LogP contribution < -0.4 is 15.4 Å². The van der Waals surface area contributed by atoms with Gasteiger partial charge in [-0.1, -0.05) is 0 Å². The number of nitrogens with zero attached hydrogens (tertiary/aromatic N) is 7. The molecule has 0 atom stereocenters. The molecule has 1 amide bonds. The third-order valence-corrected chi connectivity index (χ3v) is 4.54. The molecule has 0 saturated carbocycles. The number of hydrogen-bond donors (Lipinski definition) is 0. The van der Waals surface area contributed by atoms with Gasteiger partial charge in [-0.05, 0) is 19.9 Å². The van der Waals surface area contributed by atoms with Crippen LogP contribution in [-0.2, 0) is 11.3 Å². The van der Waals surface area contributed by atoms with Crippen LogP contribution in [0.1, 0.15) is 11.4 Å². The summed E-state index contributed by atoms with van der Waals surface area (Å²) >= 11 is 0. The minimum absolute atomic E-state index is 0.0490. The number of aryl methyl sites for hydroxylation is 2. The SMILES string of the molecule is Cc1cc(C)nc(N2CCN(C(=O)Cn3ncc(N(C)C)cc3=O)CC2)n1. The van der Waals surface area contributed by atoms with E-state index >= 15 is 0 Å². The molecule has 9 nitrogen and oxygen atoms in total. The molecule has 1 fully saturated rings. The zero-order valence-corrected chi connectivity index (χ0v) is 16.2. The number of rotatable bonds is 4. The molecule has 144 valence electrons. The number of piperazine rings is 1. The zero-order valence-electron chi connectivity index (χ0n) is 16.2. The summed E-state index contributed by atoms with van der Waals surface area (Å²) in [5.74, 6) is 0.597. The molecule has 0 aromatic carbocycles. The summed E-state index contributed by atoms with van der Waals surface area (Å²) in [6.45, 7) is 6.31. The summed E-state index contributed by atoms with van der Waals surface area (Å²) in [7, 11) is 3.68. The van der Waals surface area contributed by atoms with Crippen molar-refractivity contribution in [1.29, 1.82) is 0 Å². The Morgan fingerprint density at radius 2 is 1.70 bits per heavy atom. The minimum Gasteiger partial charge on any atom is -0.376 e. The van der Waals surface area contributed by atoms with Crippen molar-refractivity contribution < 1.29 is 4.79 Å². The lowest BCUT2D eigenvalue weighted by atomic mass is 10.3. The number of amides is 1. The number of aromatic nitrogens is 4. The van der Waals surface area contributed by atoms with Crippen LogP contribution in [0.25, 0.3) is 0 Å². The first-order valence-electron chi connectivity index (χ1n) is 8.93. The van der Waals surface area contributed by atoms with Crippen molar-refractivity contribution in [1.82, 2.24) is 24.6 Å². The second-order valence-electron chi connectivity index (χ2n) is 6.92. The van der Waals surface area contributed by atoms with E-state index in [1.54, 1.807) is 16.0 Å². The van der Waals surface area contributed by atoms with Gasteiger partial charge in [0.1, 0.15) is 6.54 Å². The van der Waals surface area contributed by atoms with E-state index in [1.807, 2.05) is 34.0 Å². The van der Waals surface area contributed by atoms with E-state index in [9.17, 15) is 9.59 Å². The van der Waals surface area contributed by atoms with Gasteiger partial charge in [-0.3, -0.25) is 9.59 Å². The summed E-state index contributed by atoms with van der Waals surface area (Å²) in [5, 5.41) is 4.10. The molecule has 0 bridgehead atoms. The maximum atomic E-state index is 12.6. The van der Waals surface area contributed by atoms with Crippen LogP contribution in [0, 0.1) is 13.8 Å². The third kappa shape index (κ3) is 4.42. The van der Waals surface area contributed by atoms with Crippen molar-refractivity contribution in [2.75, 3.05) is 50.1 Å². The summed E-state index contributed by atoms with van der Waals surface area (Å²) in [6, 6.07) is 3.42. The van der Waals surface area contributed by atoms with Crippen molar-refractivity contribution in [3.05, 3.63) is 40.1 Å². The number of anilines is 2. The average Bonchev–Trinajstić information content (AvgIpc) is 2.62. The van der Waals surface area contributed by atoms with Crippen molar-refractivity contribution >= 4 is 17.5 Å². The number of carbonyl (C=O) groups excluding carboxylic acids is 1. The first kappa shape index (κ1) is 18.8. The van der Waals surface area contributed by atoms with E-state index in [4.69, 9.17) is 0 Å². The molecule has 0 unspecified atom stereocenters. The molecule has 0 N–H and O–H groups in total. The third-order valence-electron chi connectivity index (χ3n) is 4.54. The standard InChI is InChI=1S/C18H25N7O2/c1-13-9-14(2)21-18(20-13)24-7-5-23(6-8-24)17(27)12-25-16(26)10-15(11-19-25)22(3)4/h9-11H,5-8,12H2,1-4H3. The first-order chi connectivity index (χ1) is 12.8. The minimum atomic E-state index is -0.281. The second-order valence-corrected chi connectivity index (χ2v) is 6.92. The van der Waals surface area contributed by atoms with Crippen LogP contribution in [0.5, 0.6) is 0 Å². The Morgan fingerprint density at radius 1 is 1.07 bits per heavy atom. The van der Waals surface area contributed by atoms with Crippen LogP contribution in [0.3, 0.4) is 0 Å². The molecule has 1 saturated heterocycles. The van der Waals surface area contributed by atoms with E-state index in [1.165, 1.54) is 10.7 Å². The number of hydrogen-bond acceptors (Lipinski definition) is 7. The maximum Gasteiger partial charge on any atom is 0.269 e. The van der Waals surface area contributed by atoms with E-state index in [2.05, 4.69) is 20.0 Å². The predicted octanol–water partition coefficient (Wildman–Crippen LogP) is 0.0649. The summed E-state index contributed by atoms with van der Waals surface area (Å²) < 4.78 is 1.20. The lowest BCUT2D eigenvalue weighted by Crippen LogP contribution is -2.50. The fourth-order valence-corrected chi connectivity index (χ4v) is 3.02. The van der Waals surface area contributed by atoms with Gasteiger partial charge < -0.3 is 14.7 Å². The largest absolute Gasteiger partial charge is 0.376 e. The Balaban J connectivity index is 1.61. The Kier molecular flexibility index (Phi) is 5.38. The maximum absolute atomic E-state index is 12.6. The summed E-state index contributed by atoms with van der Waals surface area (Å²) in [5.41, 5.74) is 2.30. The molecule has 3 rings (SSSR count). The monoisotopic (exact) mass is 371 g/mol. The quantitative estimate of drug-likeness (QED) is 0.751. The van der Waals surface area contributed by atoms with Crippen LogP contribution in [0.15, 0.2) is 23.1 Å². The smallest absolute Gasteiger partial charge is 0.269 e. The molecule has 1 aliphatic heterocycles. The molecule has 3 heterocycles. The molecule has 0 aliphatic carbocycles. The predicted molar refractivity (Wildman–Crippen MR) is 103 cm³/mol. The fraction of sp³-hybridized carbons (Fsp3) is 0.500. The molecule has 2 aromatic heterocycles. The summed E-state index contributed by atoms with van der Waals surface area (Å²) in [4.78, 5) is 39.3. The Hall–Kier alpha value is -2.97. The highest BCUT2D eigenvalue weighted by Crippen LogP contribution is 2.13. The van der Waals surface area contributed by atoms with E-state index in [0.29, 0.717) is 37.8 Å². The lowest BCUT2D eigenvalue weighted by molar-refractivity contribution is -0.132. The van der Waals surface area contributed by atoms with Crippen LogP contribution in [0.4, 0.5) is 11.6 Å². The van der Waals surface area contributed by atoms with Gasteiger partial charge >= 0.3 is 0 Å². The van der Waals surface area contributed by atoms with Gasteiger partial charge in [0.25, 0.3) is 5.56 Å². The van der Waals surface area contributed by atoms with Gasteiger partial charge in [0, 0.05) is 57.7 Å². The zero-order chi connectivity index (χ0) is 19.6. The molecule has 0 spiro atoms. The fourth-order valence-electron chi connectivity index (χ4n) is 3.02. The highest BCUT2D eigenvalue weighted by atomic mass is 16.2. The van der Waals surface area contributed by atoms with E-state index in [0.717, 1.165) is 11.4 Å². The highest BCUT2D eigenvalue weighted by molar-refractivity contribution is 5.76. The summed E-state index contributed by atoms with van der Waals surface area (Å²) in [6.07, 6.45) is 1.59. The van der Waals surface area contributed by atoms with Crippen molar-refractivity contribution in [2.24, 2.45) is 0 Å². The van der Waals surface area contributed by atoms with E-state index < -0.39 is 0 Å².